The summed E-state index contributed by atoms with van der Waals surface area (Å²) in [6.45, 7) is 4.31. The first-order valence-electron chi connectivity index (χ1n) is 17.1. The quantitative estimate of drug-likeness (QED) is 0.172. The van der Waals surface area contributed by atoms with Crippen molar-refractivity contribution in [2.75, 3.05) is 0 Å². The Bertz CT molecular complexity index is 2820. The Morgan fingerprint density at radius 3 is 1.53 bits per heavy atom. The second-order valence-electron chi connectivity index (χ2n) is 13.5. The molecule has 0 spiro atoms. The molecule has 49 heavy (non-hydrogen) atoms. The van der Waals surface area contributed by atoms with E-state index in [-0.39, 0.29) is 0 Å². The van der Waals surface area contributed by atoms with Crippen LogP contribution in [-0.2, 0) is 0 Å². The van der Waals surface area contributed by atoms with E-state index in [2.05, 4.69) is 182 Å². The van der Waals surface area contributed by atoms with E-state index < -0.39 is 0 Å². The van der Waals surface area contributed by atoms with Crippen LogP contribution in [0.25, 0.3) is 93.2 Å². The van der Waals surface area contributed by atoms with E-state index in [4.69, 9.17) is 0 Å². The number of nitrogens with zero attached hydrogens (tertiary/aromatic N) is 1. The van der Waals surface area contributed by atoms with Crippen LogP contribution in [0.3, 0.4) is 0 Å². The molecule has 0 saturated heterocycles. The molecule has 0 aliphatic carbocycles. The molecule has 10 aromatic rings. The summed E-state index contributed by atoms with van der Waals surface area (Å²) in [6.07, 6.45) is 0. The Labute approximate surface area is 285 Å². The van der Waals surface area contributed by atoms with Crippen molar-refractivity contribution in [2.45, 2.75) is 13.8 Å². The lowest BCUT2D eigenvalue weighted by atomic mass is 9.84. The van der Waals surface area contributed by atoms with Crippen LogP contribution in [0.5, 0.6) is 0 Å². The van der Waals surface area contributed by atoms with Crippen LogP contribution in [-0.4, -0.2) is 4.57 Å². The highest BCUT2D eigenvalue weighted by Gasteiger charge is 2.19. The van der Waals surface area contributed by atoms with Crippen LogP contribution in [0.1, 0.15) is 11.1 Å². The average Bonchev–Trinajstić information content (AvgIpc) is 3.49. The van der Waals surface area contributed by atoms with Gasteiger partial charge in [0.1, 0.15) is 0 Å². The van der Waals surface area contributed by atoms with Crippen LogP contribution in [0, 0.1) is 13.8 Å². The van der Waals surface area contributed by atoms with Gasteiger partial charge in [-0.2, -0.15) is 0 Å². The molecule has 0 aliphatic rings. The lowest BCUT2D eigenvalue weighted by molar-refractivity contribution is 1.18. The number of hydrogen-bond acceptors (Lipinski definition) is 0. The van der Waals surface area contributed by atoms with Crippen molar-refractivity contribution in [3.05, 3.63) is 175 Å². The van der Waals surface area contributed by atoms with Crippen molar-refractivity contribution in [1.82, 2.24) is 4.57 Å². The minimum atomic E-state index is 1.17. The van der Waals surface area contributed by atoms with Gasteiger partial charge < -0.3 is 4.57 Å². The summed E-state index contributed by atoms with van der Waals surface area (Å²) in [5, 5.41) is 10.4. The van der Waals surface area contributed by atoms with Crippen LogP contribution in [0.2, 0.25) is 0 Å². The molecule has 0 N–H and O–H groups in total. The molecule has 1 heteroatoms. The summed E-state index contributed by atoms with van der Waals surface area (Å²) in [6, 6.07) is 60.9. The third-order valence-electron chi connectivity index (χ3n) is 10.5. The Morgan fingerprint density at radius 2 is 0.878 bits per heavy atom. The number of aryl methyl sites for hydroxylation is 2. The fraction of sp³-hybridized carbons (Fsp3) is 0.0417. The maximum absolute atomic E-state index is 2.43. The topological polar surface area (TPSA) is 4.93 Å². The fourth-order valence-electron chi connectivity index (χ4n) is 8.11. The largest absolute Gasteiger partial charge is 0.309 e. The second-order valence-corrected chi connectivity index (χ2v) is 13.5. The van der Waals surface area contributed by atoms with E-state index in [1.165, 1.54) is 104 Å². The first-order chi connectivity index (χ1) is 24.1. The van der Waals surface area contributed by atoms with Gasteiger partial charge in [-0.25, -0.2) is 0 Å². The molecule has 9 aromatic carbocycles. The standard InChI is InChI=1S/C48H33N/c1-30-14-18-32(19-15-30)37-24-22-34-23-25-41-43(33-20-16-31(2)17-21-33)29-44(42-27-26-40(37)47(34)48(41)42)35-8-7-9-36(28-35)49-45-12-5-3-10-38(45)39-11-4-6-13-46(39)49/h3-29H,1-2H3. The molecule has 0 fully saturated rings. The van der Waals surface area contributed by atoms with E-state index in [0.717, 1.165) is 0 Å². The molecular weight excluding hydrogens is 591 g/mol. The molecule has 10 rings (SSSR count). The molecule has 0 saturated carbocycles. The normalized spacial score (nSPS) is 11.9. The molecule has 0 aliphatic heterocycles. The molecule has 1 aromatic heterocycles. The Morgan fingerprint density at radius 1 is 0.347 bits per heavy atom. The number of rotatable bonds is 4. The zero-order valence-electron chi connectivity index (χ0n) is 27.5. The number of para-hydroxylation sites is 2. The smallest absolute Gasteiger partial charge is 0.0541 e. The Kier molecular flexibility index (Phi) is 6.07. The number of aromatic nitrogens is 1. The molecule has 0 radical (unpaired) electrons. The molecule has 0 unspecified atom stereocenters. The molecule has 1 heterocycles. The maximum atomic E-state index is 2.43. The summed E-state index contributed by atoms with van der Waals surface area (Å²) >= 11 is 0. The van der Waals surface area contributed by atoms with Gasteiger partial charge in [0.15, 0.2) is 0 Å². The minimum Gasteiger partial charge on any atom is -0.309 e. The molecule has 0 bridgehead atoms. The van der Waals surface area contributed by atoms with E-state index in [1.54, 1.807) is 0 Å². The van der Waals surface area contributed by atoms with Crippen LogP contribution < -0.4 is 0 Å². The van der Waals surface area contributed by atoms with Crippen LogP contribution in [0.4, 0.5) is 0 Å². The van der Waals surface area contributed by atoms with Crippen molar-refractivity contribution in [1.29, 1.82) is 0 Å². The molecule has 0 atom stereocenters. The number of benzene rings is 9. The fourth-order valence-corrected chi connectivity index (χ4v) is 8.11. The monoisotopic (exact) mass is 623 g/mol. The van der Waals surface area contributed by atoms with Gasteiger partial charge in [0.2, 0.25) is 0 Å². The van der Waals surface area contributed by atoms with Crippen LogP contribution in [0.15, 0.2) is 164 Å². The van der Waals surface area contributed by atoms with Crippen molar-refractivity contribution in [3.8, 4) is 39.1 Å². The first kappa shape index (κ1) is 27.9. The molecule has 1 nitrogen and oxygen atoms in total. The maximum Gasteiger partial charge on any atom is 0.0541 e. The average molecular weight is 624 g/mol. The highest BCUT2D eigenvalue weighted by molar-refractivity contribution is 6.30. The van der Waals surface area contributed by atoms with E-state index in [0.29, 0.717) is 0 Å². The van der Waals surface area contributed by atoms with Crippen molar-refractivity contribution in [2.24, 2.45) is 0 Å². The van der Waals surface area contributed by atoms with Gasteiger partial charge >= 0.3 is 0 Å². The van der Waals surface area contributed by atoms with Crippen molar-refractivity contribution in [3.63, 3.8) is 0 Å². The molecule has 0 amide bonds. The highest BCUT2D eigenvalue weighted by Crippen LogP contribution is 2.46. The number of fused-ring (bicyclic) bond motifs is 3. The third-order valence-corrected chi connectivity index (χ3v) is 10.5. The summed E-state index contributed by atoms with van der Waals surface area (Å²) in [4.78, 5) is 0. The predicted octanol–water partition coefficient (Wildman–Crippen LogP) is 13.3. The van der Waals surface area contributed by atoms with Gasteiger partial charge in [0, 0.05) is 16.5 Å². The summed E-state index contributed by atoms with van der Waals surface area (Å²) in [7, 11) is 0. The van der Waals surface area contributed by atoms with E-state index in [1.807, 2.05) is 0 Å². The molecular formula is C48H33N. The summed E-state index contributed by atoms with van der Waals surface area (Å²) in [5.74, 6) is 0. The van der Waals surface area contributed by atoms with Gasteiger partial charge in [0.05, 0.1) is 11.0 Å². The predicted molar refractivity (Wildman–Crippen MR) is 210 cm³/mol. The van der Waals surface area contributed by atoms with Gasteiger partial charge in [-0.1, -0.05) is 145 Å². The summed E-state index contributed by atoms with van der Waals surface area (Å²) in [5.41, 5.74) is 13.6. The molecule has 230 valence electrons. The lowest BCUT2D eigenvalue weighted by Gasteiger charge is -2.20. The Balaban J connectivity index is 1.28. The zero-order chi connectivity index (χ0) is 32.6. The minimum absolute atomic E-state index is 1.17. The van der Waals surface area contributed by atoms with Crippen molar-refractivity contribution < 1.29 is 0 Å². The van der Waals surface area contributed by atoms with E-state index in [9.17, 15) is 0 Å². The Hall–Kier alpha value is -6.18. The summed E-state index contributed by atoms with van der Waals surface area (Å²) < 4.78 is 2.42. The van der Waals surface area contributed by atoms with Crippen LogP contribution >= 0.6 is 0 Å². The zero-order valence-corrected chi connectivity index (χ0v) is 27.5. The SMILES string of the molecule is Cc1ccc(-c2ccc3ccc4c(-c5ccc(C)cc5)cc(-c5cccc(-n6c7ccccc7c7ccccc76)c5)c5ccc2c3c45)cc1. The van der Waals surface area contributed by atoms with E-state index >= 15 is 0 Å². The third kappa shape index (κ3) is 4.26. The number of hydrogen-bond donors (Lipinski definition) is 0. The van der Waals surface area contributed by atoms with Gasteiger partial charge in [0.25, 0.3) is 0 Å². The lowest BCUT2D eigenvalue weighted by Crippen LogP contribution is -1.95. The van der Waals surface area contributed by atoms with Gasteiger partial charge in [-0.15, -0.1) is 0 Å². The first-order valence-corrected chi connectivity index (χ1v) is 17.1. The highest BCUT2D eigenvalue weighted by atomic mass is 15.0. The van der Waals surface area contributed by atoms with Gasteiger partial charge in [-0.05, 0) is 110 Å². The van der Waals surface area contributed by atoms with Crippen molar-refractivity contribution >= 4 is 54.1 Å². The van der Waals surface area contributed by atoms with Gasteiger partial charge in [-0.3, -0.25) is 0 Å². The second kappa shape index (κ2) is 10.7.